The second-order valence-electron chi connectivity index (χ2n) is 7.72. The highest BCUT2D eigenvalue weighted by Gasteiger charge is 2.26. The van der Waals surface area contributed by atoms with Crippen LogP contribution in [-0.4, -0.2) is 57.3 Å². The molecule has 0 aromatic carbocycles. The summed E-state index contributed by atoms with van der Waals surface area (Å²) in [6.45, 7) is 13.5. The van der Waals surface area contributed by atoms with E-state index in [-0.39, 0.29) is 5.91 Å². The Morgan fingerprint density at radius 1 is 1.21 bits per heavy atom. The van der Waals surface area contributed by atoms with Gasteiger partial charge in [-0.05, 0) is 19.8 Å². The summed E-state index contributed by atoms with van der Waals surface area (Å²) in [7, 11) is 0. The van der Waals surface area contributed by atoms with E-state index in [2.05, 4.69) is 41.4 Å². The van der Waals surface area contributed by atoms with E-state index in [0.29, 0.717) is 55.3 Å². The third-order valence-electron chi connectivity index (χ3n) is 5.04. The normalized spacial score (nSPS) is 14.5. The molecule has 3 rings (SSSR count). The number of piperazine rings is 1. The van der Waals surface area contributed by atoms with Crippen LogP contribution in [0.5, 0.6) is 0 Å². The van der Waals surface area contributed by atoms with Crippen molar-refractivity contribution in [3.63, 3.8) is 0 Å². The topological polar surface area (TPSA) is 91.2 Å². The average molecular weight is 417 g/mol. The molecule has 8 nitrogen and oxygen atoms in total. The summed E-state index contributed by atoms with van der Waals surface area (Å²) in [4.78, 5) is 25.3. The van der Waals surface area contributed by atoms with E-state index in [9.17, 15) is 10.1 Å². The Hall–Kier alpha value is -2.47. The summed E-state index contributed by atoms with van der Waals surface area (Å²) in [5.41, 5.74) is 2.49. The van der Waals surface area contributed by atoms with Crippen molar-refractivity contribution in [2.75, 3.05) is 36.8 Å². The van der Waals surface area contributed by atoms with Gasteiger partial charge in [0.25, 0.3) is 0 Å². The fourth-order valence-electron chi connectivity index (χ4n) is 3.39. The molecule has 0 radical (unpaired) electrons. The standard InChI is InChI=1S/C20H28N6O2S/c1-13(2)11-26-15(4)14(3)22-20(26)29-12-18(27)24-6-8-25(9-7-24)19-17(10-21)23-16(5)28-19/h13H,6-9,11-12H2,1-5H3. The monoisotopic (exact) mass is 416 g/mol. The first-order valence-electron chi connectivity index (χ1n) is 9.87. The number of amides is 1. The first-order chi connectivity index (χ1) is 13.8. The van der Waals surface area contributed by atoms with Crippen LogP contribution in [-0.2, 0) is 11.3 Å². The predicted octanol–water partition coefficient (Wildman–Crippen LogP) is 2.76. The van der Waals surface area contributed by atoms with E-state index in [4.69, 9.17) is 4.42 Å². The lowest BCUT2D eigenvalue weighted by Crippen LogP contribution is -2.49. The van der Waals surface area contributed by atoms with Crippen LogP contribution in [0.4, 0.5) is 5.88 Å². The molecule has 29 heavy (non-hydrogen) atoms. The fourth-order valence-corrected chi connectivity index (χ4v) is 4.40. The lowest BCUT2D eigenvalue weighted by molar-refractivity contribution is -0.128. The molecule has 156 valence electrons. The summed E-state index contributed by atoms with van der Waals surface area (Å²) in [6, 6.07) is 2.07. The number of nitrogens with zero attached hydrogens (tertiary/aromatic N) is 6. The molecule has 1 aliphatic heterocycles. The molecule has 0 aliphatic carbocycles. The van der Waals surface area contributed by atoms with Crippen molar-refractivity contribution in [1.29, 1.82) is 5.26 Å². The van der Waals surface area contributed by atoms with E-state index in [1.807, 2.05) is 16.7 Å². The highest BCUT2D eigenvalue weighted by molar-refractivity contribution is 7.99. The van der Waals surface area contributed by atoms with Crippen molar-refractivity contribution in [1.82, 2.24) is 19.4 Å². The van der Waals surface area contributed by atoms with Crippen LogP contribution in [0.1, 0.15) is 36.8 Å². The minimum absolute atomic E-state index is 0.110. The maximum atomic E-state index is 12.7. The predicted molar refractivity (Wildman–Crippen MR) is 112 cm³/mol. The molecular formula is C20H28N6O2S. The van der Waals surface area contributed by atoms with Crippen LogP contribution < -0.4 is 4.90 Å². The lowest BCUT2D eigenvalue weighted by atomic mass is 10.2. The third kappa shape index (κ3) is 4.75. The number of hydrogen-bond donors (Lipinski definition) is 0. The van der Waals surface area contributed by atoms with Gasteiger partial charge in [0, 0.05) is 45.3 Å². The van der Waals surface area contributed by atoms with Crippen molar-refractivity contribution >= 4 is 23.6 Å². The molecule has 3 heterocycles. The number of carbonyl (C=O) groups excluding carboxylic acids is 1. The number of rotatable bonds is 6. The van der Waals surface area contributed by atoms with Gasteiger partial charge in [-0.25, -0.2) is 9.97 Å². The number of imidazole rings is 1. The first kappa shape index (κ1) is 21.2. The maximum absolute atomic E-state index is 12.7. The number of hydrogen-bond acceptors (Lipinski definition) is 7. The Morgan fingerprint density at radius 2 is 1.90 bits per heavy atom. The molecule has 0 atom stereocenters. The van der Waals surface area contributed by atoms with Crippen LogP contribution in [0.25, 0.3) is 0 Å². The molecule has 0 unspecified atom stereocenters. The summed E-state index contributed by atoms with van der Waals surface area (Å²) in [5.74, 6) is 1.99. The number of aryl methyl sites for hydroxylation is 2. The Balaban J connectivity index is 1.57. The molecule has 0 saturated carbocycles. The maximum Gasteiger partial charge on any atom is 0.234 e. The van der Waals surface area contributed by atoms with Crippen molar-refractivity contribution in [3.05, 3.63) is 23.0 Å². The van der Waals surface area contributed by atoms with E-state index < -0.39 is 0 Å². The molecule has 1 saturated heterocycles. The average Bonchev–Trinajstić information content (AvgIpc) is 3.20. The Bertz CT molecular complexity index is 918. The smallest absolute Gasteiger partial charge is 0.234 e. The molecule has 1 fully saturated rings. The van der Waals surface area contributed by atoms with Gasteiger partial charge in [-0.2, -0.15) is 5.26 Å². The van der Waals surface area contributed by atoms with Crippen LogP contribution in [0.3, 0.4) is 0 Å². The molecule has 0 bridgehead atoms. The Morgan fingerprint density at radius 3 is 2.52 bits per heavy atom. The molecule has 1 aliphatic rings. The lowest BCUT2D eigenvalue weighted by Gasteiger charge is -2.34. The van der Waals surface area contributed by atoms with Gasteiger partial charge in [0.05, 0.1) is 11.4 Å². The van der Waals surface area contributed by atoms with Crippen LogP contribution >= 0.6 is 11.8 Å². The molecule has 0 N–H and O–H groups in total. The van der Waals surface area contributed by atoms with Crippen LogP contribution in [0.2, 0.25) is 0 Å². The second kappa shape index (κ2) is 8.91. The summed E-state index contributed by atoms with van der Waals surface area (Å²) in [6.07, 6.45) is 0. The number of thioether (sulfide) groups is 1. The zero-order chi connectivity index (χ0) is 21.1. The third-order valence-corrected chi connectivity index (χ3v) is 6.00. The Kier molecular flexibility index (Phi) is 6.52. The van der Waals surface area contributed by atoms with Crippen molar-refractivity contribution in [2.24, 2.45) is 5.92 Å². The van der Waals surface area contributed by atoms with Crippen molar-refractivity contribution in [3.8, 4) is 6.07 Å². The zero-order valence-corrected chi connectivity index (χ0v) is 18.5. The molecule has 0 spiro atoms. The fraction of sp³-hybridized carbons (Fsp3) is 0.600. The van der Waals surface area contributed by atoms with Gasteiger partial charge in [0.1, 0.15) is 6.07 Å². The largest absolute Gasteiger partial charge is 0.424 e. The summed E-state index contributed by atoms with van der Waals surface area (Å²) >= 11 is 1.51. The number of aromatic nitrogens is 3. The summed E-state index contributed by atoms with van der Waals surface area (Å²) < 4.78 is 7.79. The van der Waals surface area contributed by atoms with Gasteiger partial charge >= 0.3 is 0 Å². The van der Waals surface area contributed by atoms with Crippen LogP contribution in [0, 0.1) is 38.0 Å². The first-order valence-corrected chi connectivity index (χ1v) is 10.9. The Labute approximate surface area is 175 Å². The molecular weight excluding hydrogens is 388 g/mol. The van der Waals surface area contributed by atoms with E-state index >= 15 is 0 Å². The van der Waals surface area contributed by atoms with Crippen molar-refractivity contribution < 1.29 is 9.21 Å². The quantitative estimate of drug-likeness (QED) is 0.669. The molecule has 9 heteroatoms. The van der Waals surface area contributed by atoms with Crippen molar-refractivity contribution in [2.45, 2.75) is 46.3 Å². The number of nitriles is 1. The van der Waals surface area contributed by atoms with E-state index in [1.54, 1.807) is 6.92 Å². The summed E-state index contributed by atoms with van der Waals surface area (Å²) in [5, 5.41) is 10.1. The number of carbonyl (C=O) groups is 1. The number of oxazole rings is 1. The minimum atomic E-state index is 0.110. The van der Waals surface area contributed by atoms with Gasteiger partial charge in [0.15, 0.2) is 11.0 Å². The van der Waals surface area contributed by atoms with Gasteiger partial charge < -0.3 is 18.8 Å². The van der Waals surface area contributed by atoms with Gasteiger partial charge in [-0.15, -0.1) is 0 Å². The zero-order valence-electron chi connectivity index (χ0n) is 17.7. The highest BCUT2D eigenvalue weighted by Crippen LogP contribution is 2.25. The minimum Gasteiger partial charge on any atom is -0.424 e. The second-order valence-corrected chi connectivity index (χ2v) is 8.67. The van der Waals surface area contributed by atoms with E-state index in [1.165, 1.54) is 11.8 Å². The van der Waals surface area contributed by atoms with Crippen LogP contribution in [0.15, 0.2) is 9.57 Å². The van der Waals surface area contributed by atoms with Gasteiger partial charge in [-0.3, -0.25) is 4.79 Å². The number of anilines is 1. The van der Waals surface area contributed by atoms with Gasteiger partial charge in [-0.1, -0.05) is 25.6 Å². The molecule has 1 amide bonds. The SMILES string of the molecule is Cc1nc(C#N)c(N2CCN(C(=O)CSc3nc(C)c(C)n3CC(C)C)CC2)o1. The van der Waals surface area contributed by atoms with E-state index in [0.717, 1.165) is 23.1 Å². The molecule has 2 aromatic rings. The molecule has 2 aromatic heterocycles. The van der Waals surface area contributed by atoms with Gasteiger partial charge in [0.2, 0.25) is 17.5 Å². The highest BCUT2D eigenvalue weighted by atomic mass is 32.2.